The van der Waals surface area contributed by atoms with Crippen molar-refractivity contribution in [3.05, 3.63) is 58.2 Å². The van der Waals surface area contributed by atoms with Gasteiger partial charge in [0, 0.05) is 29.5 Å². The molecule has 0 fully saturated rings. The van der Waals surface area contributed by atoms with Crippen molar-refractivity contribution in [2.24, 2.45) is 5.92 Å². The summed E-state index contributed by atoms with van der Waals surface area (Å²) in [6.45, 7) is 4.03. The van der Waals surface area contributed by atoms with Crippen molar-refractivity contribution < 1.29 is 27.0 Å². The van der Waals surface area contributed by atoms with Gasteiger partial charge in [-0.3, -0.25) is 0 Å². The van der Waals surface area contributed by atoms with Gasteiger partial charge in [-0.1, -0.05) is 25.8 Å². The number of allylic oxidation sites excluding steroid dienone is 2. The molecule has 0 saturated carbocycles. The molecule has 0 radical (unpaired) electrons. The number of benzene rings is 2. The van der Waals surface area contributed by atoms with Crippen molar-refractivity contribution in [3.63, 3.8) is 0 Å². The van der Waals surface area contributed by atoms with E-state index in [1.165, 1.54) is 12.1 Å². The third kappa shape index (κ3) is 3.57. The van der Waals surface area contributed by atoms with Crippen LogP contribution >= 0.6 is 0 Å². The molecule has 160 valence electrons. The molecule has 1 aliphatic carbocycles. The van der Waals surface area contributed by atoms with Crippen LogP contribution in [0.4, 0.5) is 17.6 Å². The molecule has 30 heavy (non-hydrogen) atoms. The summed E-state index contributed by atoms with van der Waals surface area (Å²) in [4.78, 5) is 0. The summed E-state index contributed by atoms with van der Waals surface area (Å²) >= 11 is 0. The molecule has 2 aliphatic rings. The second-order valence-electron chi connectivity index (χ2n) is 7.90. The molecule has 0 spiro atoms. The number of hydrogen-bond donors (Lipinski definition) is 0. The molecular weight excluding hydrogens is 396 g/mol. The van der Waals surface area contributed by atoms with Crippen molar-refractivity contribution in [3.8, 4) is 17.2 Å². The lowest BCUT2D eigenvalue weighted by Crippen LogP contribution is -2.13. The Labute approximate surface area is 173 Å². The highest BCUT2D eigenvalue weighted by Gasteiger charge is 2.31. The lowest BCUT2D eigenvalue weighted by molar-refractivity contribution is 0.309. The maximum Gasteiger partial charge on any atom is 0.207 e. The van der Waals surface area contributed by atoms with Crippen molar-refractivity contribution >= 4 is 5.57 Å². The maximum atomic E-state index is 14.9. The number of fused-ring (bicyclic) bond motifs is 2. The SMILES string of the molecule is CCCC1CCC(c2cc3c(c(F)c2F)Oc2c(ccc(OCC)c2F)C3)=C(F)C1. The Bertz CT molecular complexity index is 1010. The Hall–Kier alpha value is -2.50. The van der Waals surface area contributed by atoms with Crippen molar-refractivity contribution in [2.45, 2.75) is 52.4 Å². The summed E-state index contributed by atoms with van der Waals surface area (Å²) in [5.41, 5.74) is 1.04. The molecule has 4 rings (SSSR count). The van der Waals surface area contributed by atoms with Gasteiger partial charge in [-0.15, -0.1) is 0 Å². The Morgan fingerprint density at radius 3 is 2.47 bits per heavy atom. The van der Waals surface area contributed by atoms with Gasteiger partial charge in [0.2, 0.25) is 11.6 Å². The second kappa shape index (κ2) is 8.32. The van der Waals surface area contributed by atoms with E-state index in [4.69, 9.17) is 9.47 Å². The third-order valence-corrected chi connectivity index (χ3v) is 5.89. The van der Waals surface area contributed by atoms with Gasteiger partial charge in [0.05, 0.1) is 6.61 Å². The van der Waals surface area contributed by atoms with Gasteiger partial charge in [0.25, 0.3) is 0 Å². The normalized spacial score (nSPS) is 18.0. The Balaban J connectivity index is 1.72. The van der Waals surface area contributed by atoms with Crippen molar-refractivity contribution in [1.29, 1.82) is 0 Å². The van der Waals surface area contributed by atoms with Crippen LogP contribution in [-0.2, 0) is 6.42 Å². The van der Waals surface area contributed by atoms with E-state index < -0.39 is 17.5 Å². The third-order valence-electron chi connectivity index (χ3n) is 5.89. The van der Waals surface area contributed by atoms with Crippen LogP contribution in [0.25, 0.3) is 5.57 Å². The Kier molecular flexibility index (Phi) is 5.76. The molecule has 1 aliphatic heterocycles. The first-order valence-corrected chi connectivity index (χ1v) is 10.4. The van der Waals surface area contributed by atoms with Gasteiger partial charge in [-0.25, -0.2) is 8.78 Å². The zero-order chi connectivity index (χ0) is 21.4. The minimum atomic E-state index is -1.22. The van der Waals surface area contributed by atoms with E-state index in [0.717, 1.165) is 19.3 Å². The standard InChI is InChI=1S/C24H24F4O2/c1-3-5-13-6-8-16(18(25)10-13)17-12-15-11-14-7-9-19(29-4-2)21(27)23(14)30-24(15)22(28)20(17)26/h7,9,12-13H,3-6,8,10-11H2,1-2H3. The summed E-state index contributed by atoms with van der Waals surface area (Å²) in [5.74, 6) is -3.77. The van der Waals surface area contributed by atoms with E-state index in [0.29, 0.717) is 17.5 Å². The molecule has 0 aromatic heterocycles. The smallest absolute Gasteiger partial charge is 0.207 e. The molecule has 0 saturated heterocycles. The van der Waals surface area contributed by atoms with Gasteiger partial charge in [-0.2, -0.15) is 8.78 Å². The highest BCUT2D eigenvalue weighted by Crippen LogP contribution is 2.46. The summed E-state index contributed by atoms with van der Waals surface area (Å²) in [6, 6.07) is 4.58. The predicted molar refractivity (Wildman–Crippen MR) is 107 cm³/mol. The summed E-state index contributed by atoms with van der Waals surface area (Å²) in [6.07, 6.45) is 3.42. The van der Waals surface area contributed by atoms with Crippen molar-refractivity contribution in [1.82, 2.24) is 0 Å². The van der Waals surface area contributed by atoms with Crippen LogP contribution < -0.4 is 9.47 Å². The monoisotopic (exact) mass is 420 g/mol. The van der Waals surface area contributed by atoms with Crippen LogP contribution in [0.3, 0.4) is 0 Å². The van der Waals surface area contributed by atoms with E-state index >= 15 is 0 Å². The zero-order valence-corrected chi connectivity index (χ0v) is 17.1. The number of rotatable bonds is 5. The molecule has 0 N–H and O–H groups in total. The van der Waals surface area contributed by atoms with Gasteiger partial charge in [0.15, 0.2) is 23.1 Å². The highest BCUT2D eigenvalue weighted by molar-refractivity contribution is 5.71. The second-order valence-corrected chi connectivity index (χ2v) is 7.90. The van der Waals surface area contributed by atoms with E-state index in [2.05, 4.69) is 0 Å². The molecule has 1 unspecified atom stereocenters. The van der Waals surface area contributed by atoms with E-state index in [9.17, 15) is 17.6 Å². The van der Waals surface area contributed by atoms with Crippen LogP contribution in [0.5, 0.6) is 17.2 Å². The van der Waals surface area contributed by atoms with E-state index in [1.54, 1.807) is 13.0 Å². The lowest BCUT2D eigenvalue weighted by atomic mass is 9.82. The molecule has 1 atom stereocenters. The fourth-order valence-corrected chi connectivity index (χ4v) is 4.42. The van der Waals surface area contributed by atoms with Gasteiger partial charge >= 0.3 is 0 Å². The van der Waals surface area contributed by atoms with Gasteiger partial charge < -0.3 is 9.47 Å². The van der Waals surface area contributed by atoms with Gasteiger partial charge in [0.1, 0.15) is 5.83 Å². The number of ether oxygens (including phenoxy) is 2. The summed E-state index contributed by atoms with van der Waals surface area (Å²) in [7, 11) is 0. The molecule has 1 heterocycles. The van der Waals surface area contributed by atoms with Crippen molar-refractivity contribution in [2.75, 3.05) is 6.61 Å². The summed E-state index contributed by atoms with van der Waals surface area (Å²) < 4.78 is 69.9. The molecular formula is C24H24F4O2. The first-order chi connectivity index (χ1) is 14.4. The molecule has 2 nitrogen and oxygen atoms in total. The minimum Gasteiger partial charge on any atom is -0.491 e. The average molecular weight is 420 g/mol. The summed E-state index contributed by atoms with van der Waals surface area (Å²) in [5, 5.41) is 0. The lowest BCUT2D eigenvalue weighted by Gasteiger charge is -2.26. The van der Waals surface area contributed by atoms with E-state index in [-0.39, 0.29) is 59.6 Å². The van der Waals surface area contributed by atoms with Crippen LogP contribution in [-0.4, -0.2) is 6.61 Å². The topological polar surface area (TPSA) is 18.5 Å². The van der Waals surface area contributed by atoms with Gasteiger partial charge in [-0.05, 0) is 43.4 Å². The fourth-order valence-electron chi connectivity index (χ4n) is 4.42. The zero-order valence-electron chi connectivity index (χ0n) is 17.1. The first-order valence-electron chi connectivity index (χ1n) is 10.4. The van der Waals surface area contributed by atoms with E-state index in [1.807, 2.05) is 6.92 Å². The minimum absolute atomic E-state index is 0.00624. The van der Waals surface area contributed by atoms with Crippen LogP contribution in [0.15, 0.2) is 24.0 Å². The molecule has 6 heteroatoms. The molecule has 0 amide bonds. The maximum absolute atomic E-state index is 14.9. The largest absolute Gasteiger partial charge is 0.491 e. The highest BCUT2D eigenvalue weighted by atomic mass is 19.2. The Morgan fingerprint density at radius 1 is 1.00 bits per heavy atom. The fraction of sp³-hybridized carbons (Fsp3) is 0.417. The first kappa shape index (κ1) is 20.8. The van der Waals surface area contributed by atoms with Crippen LogP contribution in [0, 0.1) is 23.4 Å². The number of halogens is 4. The van der Waals surface area contributed by atoms with Crippen LogP contribution in [0.1, 0.15) is 62.6 Å². The molecule has 2 aromatic rings. The average Bonchev–Trinajstić information content (AvgIpc) is 2.73. The Morgan fingerprint density at radius 2 is 1.77 bits per heavy atom. The molecule has 2 aromatic carbocycles. The quantitative estimate of drug-likeness (QED) is 0.398. The molecule has 0 bridgehead atoms. The number of hydrogen-bond acceptors (Lipinski definition) is 2. The predicted octanol–water partition coefficient (Wildman–Crippen LogP) is 7.48. The van der Waals surface area contributed by atoms with Crippen LogP contribution in [0.2, 0.25) is 0 Å².